The topological polar surface area (TPSA) is 86.3 Å². The van der Waals surface area contributed by atoms with Crippen LogP contribution >= 0.6 is 0 Å². The maximum Gasteiger partial charge on any atom is 0.144 e. The van der Waals surface area contributed by atoms with Gasteiger partial charge in [-0.2, -0.15) is 0 Å². The van der Waals surface area contributed by atoms with Crippen LogP contribution in [0.5, 0.6) is 0 Å². The Morgan fingerprint density at radius 3 is 2.15 bits per heavy atom. The molecule has 0 atom stereocenters. The molecule has 3 N–H and O–H groups in total. The first-order chi connectivity index (χ1) is 9.54. The van der Waals surface area contributed by atoms with Gasteiger partial charge in [-0.3, -0.25) is 0 Å². The molecule has 20 heavy (non-hydrogen) atoms. The van der Waals surface area contributed by atoms with E-state index < -0.39 is 0 Å². The predicted octanol–water partition coefficient (Wildman–Crippen LogP) is 2.00. The first-order valence-electron chi connectivity index (χ1n) is 7.17. The second kappa shape index (κ2) is 11.9. The Balaban J connectivity index is 3.33. The quantitative estimate of drug-likeness (QED) is 0.178. The molecule has 0 saturated carbocycles. The molecule has 0 spiro atoms. The highest BCUT2D eigenvalue weighted by atomic mass is 16.5. The normalized spacial score (nSPS) is 12.8. The van der Waals surface area contributed by atoms with Gasteiger partial charge in [0.15, 0.2) is 0 Å². The van der Waals surface area contributed by atoms with Gasteiger partial charge in [0, 0.05) is 32.3 Å². The second-order valence-electron chi connectivity index (χ2n) is 5.40. The van der Waals surface area contributed by atoms with E-state index in [1.165, 1.54) is 0 Å². The smallest absolute Gasteiger partial charge is 0.144 e. The summed E-state index contributed by atoms with van der Waals surface area (Å²) in [7, 11) is 1.68. The molecule has 0 aliphatic carbocycles. The Hall–Kier alpha value is -0.850. The van der Waals surface area contributed by atoms with Gasteiger partial charge in [0.2, 0.25) is 0 Å². The summed E-state index contributed by atoms with van der Waals surface area (Å²) >= 11 is 0. The van der Waals surface area contributed by atoms with E-state index in [4.69, 9.17) is 25.2 Å². The Labute approximate surface area is 122 Å². The lowest BCUT2D eigenvalue weighted by Crippen LogP contribution is -2.31. The minimum absolute atomic E-state index is 0.265. The molecule has 0 aliphatic rings. The number of methoxy groups -OCH3 is 1. The summed E-state index contributed by atoms with van der Waals surface area (Å²) in [5, 5.41) is 11.7. The molecule has 0 aliphatic heterocycles. The van der Waals surface area contributed by atoms with Crippen molar-refractivity contribution < 1.29 is 19.4 Å². The van der Waals surface area contributed by atoms with Gasteiger partial charge in [0.05, 0.1) is 13.2 Å². The number of hydrogen-bond donors (Lipinski definition) is 2. The number of nitrogens with zero attached hydrogens (tertiary/aromatic N) is 1. The van der Waals surface area contributed by atoms with Crippen LogP contribution in [-0.2, 0) is 14.2 Å². The SMILES string of the molecule is COCCCOCCOCCCCC(C)(C)C(N)=NO. The Kier molecular flexibility index (Phi) is 11.4. The lowest BCUT2D eigenvalue weighted by molar-refractivity contribution is 0.0384. The Morgan fingerprint density at radius 2 is 1.60 bits per heavy atom. The molecule has 6 heteroatoms. The molecule has 0 bridgehead atoms. The van der Waals surface area contributed by atoms with Crippen molar-refractivity contribution in [2.75, 3.05) is 40.1 Å². The summed E-state index contributed by atoms with van der Waals surface area (Å²) in [4.78, 5) is 0. The number of unbranched alkanes of at least 4 members (excludes halogenated alkanes) is 1. The Bertz CT molecular complexity index is 258. The van der Waals surface area contributed by atoms with E-state index in [9.17, 15) is 0 Å². The standard InChI is InChI=1S/C14H30N2O4/c1-14(2,13(15)16-17)7-4-5-9-19-11-12-20-10-6-8-18-3/h17H,4-12H2,1-3H3,(H2,15,16). The van der Waals surface area contributed by atoms with Gasteiger partial charge in [-0.15, -0.1) is 0 Å². The largest absolute Gasteiger partial charge is 0.409 e. The van der Waals surface area contributed by atoms with Crippen molar-refractivity contribution in [2.45, 2.75) is 39.5 Å². The number of ether oxygens (including phenoxy) is 3. The second-order valence-corrected chi connectivity index (χ2v) is 5.40. The van der Waals surface area contributed by atoms with Crippen LogP contribution in [0.25, 0.3) is 0 Å². The van der Waals surface area contributed by atoms with E-state index in [0.717, 1.165) is 32.3 Å². The number of oxime groups is 1. The van der Waals surface area contributed by atoms with Gasteiger partial charge in [-0.1, -0.05) is 25.4 Å². The minimum Gasteiger partial charge on any atom is -0.409 e. The maximum atomic E-state index is 8.66. The zero-order chi connectivity index (χ0) is 15.3. The lowest BCUT2D eigenvalue weighted by atomic mass is 9.86. The molecular formula is C14H30N2O4. The summed E-state index contributed by atoms with van der Waals surface area (Å²) in [5.74, 6) is 0.280. The summed E-state index contributed by atoms with van der Waals surface area (Å²) in [6.07, 6.45) is 3.74. The summed E-state index contributed by atoms with van der Waals surface area (Å²) in [6.45, 7) is 7.35. The molecule has 0 aromatic rings. The zero-order valence-electron chi connectivity index (χ0n) is 13.1. The van der Waals surface area contributed by atoms with Gasteiger partial charge in [0.1, 0.15) is 5.84 Å². The minimum atomic E-state index is -0.265. The summed E-state index contributed by atoms with van der Waals surface area (Å²) < 4.78 is 15.8. The molecule has 6 nitrogen and oxygen atoms in total. The number of amidine groups is 1. The van der Waals surface area contributed by atoms with Crippen molar-refractivity contribution in [3.63, 3.8) is 0 Å². The van der Waals surface area contributed by atoms with Crippen molar-refractivity contribution in [3.05, 3.63) is 0 Å². The predicted molar refractivity (Wildman–Crippen MR) is 79.2 cm³/mol. The average molecular weight is 290 g/mol. The van der Waals surface area contributed by atoms with Gasteiger partial charge in [0.25, 0.3) is 0 Å². The van der Waals surface area contributed by atoms with E-state index in [2.05, 4.69) is 5.16 Å². The fourth-order valence-corrected chi connectivity index (χ4v) is 1.66. The van der Waals surface area contributed by atoms with E-state index in [-0.39, 0.29) is 11.3 Å². The Morgan fingerprint density at radius 1 is 1.00 bits per heavy atom. The van der Waals surface area contributed by atoms with E-state index in [1.807, 2.05) is 13.8 Å². The average Bonchev–Trinajstić information content (AvgIpc) is 2.43. The highest BCUT2D eigenvalue weighted by Crippen LogP contribution is 2.23. The molecule has 0 amide bonds. The van der Waals surface area contributed by atoms with Crippen molar-refractivity contribution in [1.82, 2.24) is 0 Å². The van der Waals surface area contributed by atoms with Crippen molar-refractivity contribution in [3.8, 4) is 0 Å². The van der Waals surface area contributed by atoms with Crippen molar-refractivity contribution in [1.29, 1.82) is 0 Å². The molecule has 0 radical (unpaired) electrons. The lowest BCUT2D eigenvalue weighted by Gasteiger charge is -2.22. The van der Waals surface area contributed by atoms with Crippen LogP contribution in [0.4, 0.5) is 0 Å². The summed E-state index contributed by atoms with van der Waals surface area (Å²) in [5.41, 5.74) is 5.36. The molecule has 120 valence electrons. The fraction of sp³-hybridized carbons (Fsp3) is 0.929. The number of rotatable bonds is 13. The first-order valence-corrected chi connectivity index (χ1v) is 7.17. The van der Waals surface area contributed by atoms with Crippen LogP contribution in [0.15, 0.2) is 5.16 Å². The molecular weight excluding hydrogens is 260 g/mol. The molecule has 0 unspecified atom stereocenters. The highest BCUT2D eigenvalue weighted by molar-refractivity contribution is 5.85. The number of hydrogen-bond acceptors (Lipinski definition) is 5. The molecule has 0 fully saturated rings. The van der Waals surface area contributed by atoms with Crippen LogP contribution in [0.1, 0.15) is 39.5 Å². The monoisotopic (exact) mass is 290 g/mol. The van der Waals surface area contributed by atoms with Crippen LogP contribution in [0.3, 0.4) is 0 Å². The van der Waals surface area contributed by atoms with Crippen molar-refractivity contribution >= 4 is 5.84 Å². The van der Waals surface area contributed by atoms with Crippen LogP contribution in [-0.4, -0.2) is 51.2 Å². The van der Waals surface area contributed by atoms with Gasteiger partial charge in [-0.25, -0.2) is 0 Å². The van der Waals surface area contributed by atoms with E-state index in [1.54, 1.807) is 7.11 Å². The molecule has 0 heterocycles. The van der Waals surface area contributed by atoms with Crippen molar-refractivity contribution in [2.24, 2.45) is 16.3 Å². The summed E-state index contributed by atoms with van der Waals surface area (Å²) in [6, 6.07) is 0. The molecule has 0 rings (SSSR count). The third-order valence-corrected chi connectivity index (χ3v) is 3.15. The van der Waals surface area contributed by atoms with Crippen LogP contribution in [0, 0.1) is 5.41 Å². The third kappa shape index (κ3) is 10.00. The molecule has 0 saturated heterocycles. The maximum absolute atomic E-state index is 8.66. The first kappa shape index (κ1) is 19.1. The highest BCUT2D eigenvalue weighted by Gasteiger charge is 2.22. The molecule has 0 aromatic carbocycles. The van der Waals surface area contributed by atoms with E-state index >= 15 is 0 Å². The zero-order valence-corrected chi connectivity index (χ0v) is 13.1. The van der Waals surface area contributed by atoms with Crippen LogP contribution in [0.2, 0.25) is 0 Å². The molecule has 0 aromatic heterocycles. The van der Waals surface area contributed by atoms with E-state index in [0.29, 0.717) is 26.4 Å². The fourth-order valence-electron chi connectivity index (χ4n) is 1.66. The van der Waals surface area contributed by atoms with Gasteiger partial charge >= 0.3 is 0 Å². The van der Waals surface area contributed by atoms with Crippen LogP contribution < -0.4 is 5.73 Å². The van der Waals surface area contributed by atoms with Gasteiger partial charge in [-0.05, 0) is 19.3 Å². The third-order valence-electron chi connectivity index (χ3n) is 3.15. The number of nitrogens with two attached hydrogens (primary N) is 1. The van der Waals surface area contributed by atoms with Gasteiger partial charge < -0.3 is 25.2 Å².